The van der Waals surface area contributed by atoms with Crippen molar-refractivity contribution in [3.63, 3.8) is 0 Å². The van der Waals surface area contributed by atoms with E-state index in [4.69, 9.17) is 4.74 Å². The summed E-state index contributed by atoms with van der Waals surface area (Å²) >= 11 is 0. The molecule has 0 bridgehead atoms. The second-order valence-corrected chi connectivity index (χ2v) is 6.37. The van der Waals surface area contributed by atoms with Gasteiger partial charge in [0.2, 0.25) is 5.91 Å². The third-order valence-electron chi connectivity index (χ3n) is 4.57. The Morgan fingerprint density at radius 3 is 2.96 bits per heavy atom. The second kappa shape index (κ2) is 7.63. The molecule has 1 aliphatic rings. The van der Waals surface area contributed by atoms with Gasteiger partial charge in [0.1, 0.15) is 5.75 Å². The maximum Gasteiger partial charge on any atom is 0.226 e. The Morgan fingerprint density at radius 2 is 2.24 bits per heavy atom. The molecule has 1 fully saturated rings. The van der Waals surface area contributed by atoms with Gasteiger partial charge < -0.3 is 10.1 Å². The molecule has 1 aromatic heterocycles. The number of benzene rings is 1. The first-order valence-electron chi connectivity index (χ1n) is 8.43. The number of hydrogen-bond donors (Lipinski definition) is 3. The van der Waals surface area contributed by atoms with Crippen molar-refractivity contribution in [2.24, 2.45) is 5.92 Å². The van der Waals surface area contributed by atoms with E-state index in [1.807, 2.05) is 44.2 Å². The highest BCUT2D eigenvalue weighted by atomic mass is 16.5. The monoisotopic (exact) mass is 340 g/mol. The van der Waals surface area contributed by atoms with E-state index in [1.165, 1.54) is 0 Å². The SMILES string of the molecule is COc1ccc(C)cc1C(C)NC(=O)C1CNNC1c1cccnc1. The molecule has 1 aliphatic heterocycles. The van der Waals surface area contributed by atoms with Crippen molar-refractivity contribution in [2.45, 2.75) is 25.9 Å². The van der Waals surface area contributed by atoms with Gasteiger partial charge in [-0.05, 0) is 31.5 Å². The molecule has 0 saturated carbocycles. The number of aryl methyl sites for hydroxylation is 1. The molecular formula is C19H24N4O2. The number of nitrogens with one attached hydrogen (secondary N) is 3. The lowest BCUT2D eigenvalue weighted by atomic mass is 9.94. The van der Waals surface area contributed by atoms with E-state index in [-0.39, 0.29) is 23.9 Å². The van der Waals surface area contributed by atoms with Crippen LogP contribution in [0.1, 0.15) is 35.7 Å². The predicted octanol–water partition coefficient (Wildman–Crippen LogP) is 2.04. The Bertz CT molecular complexity index is 735. The van der Waals surface area contributed by atoms with Gasteiger partial charge >= 0.3 is 0 Å². The van der Waals surface area contributed by atoms with Gasteiger partial charge in [-0.3, -0.25) is 15.2 Å². The number of hydrazine groups is 1. The minimum Gasteiger partial charge on any atom is -0.496 e. The highest BCUT2D eigenvalue weighted by molar-refractivity contribution is 5.80. The van der Waals surface area contributed by atoms with Crippen molar-refractivity contribution >= 4 is 5.91 Å². The third-order valence-corrected chi connectivity index (χ3v) is 4.57. The number of carbonyl (C=O) groups is 1. The van der Waals surface area contributed by atoms with Crippen LogP contribution in [0.2, 0.25) is 0 Å². The molecule has 2 heterocycles. The topological polar surface area (TPSA) is 75.3 Å². The van der Waals surface area contributed by atoms with Gasteiger partial charge in [-0.2, -0.15) is 0 Å². The molecule has 0 aliphatic carbocycles. The van der Waals surface area contributed by atoms with Crippen LogP contribution < -0.4 is 20.9 Å². The zero-order valence-corrected chi connectivity index (χ0v) is 14.7. The maximum absolute atomic E-state index is 12.8. The molecule has 3 N–H and O–H groups in total. The zero-order chi connectivity index (χ0) is 17.8. The summed E-state index contributed by atoms with van der Waals surface area (Å²) in [5.74, 6) is 0.578. The molecule has 0 radical (unpaired) electrons. The first-order valence-corrected chi connectivity index (χ1v) is 8.43. The number of ether oxygens (including phenoxy) is 1. The molecule has 1 aromatic carbocycles. The number of pyridine rings is 1. The highest BCUT2D eigenvalue weighted by Gasteiger charge is 2.34. The fourth-order valence-electron chi connectivity index (χ4n) is 3.21. The minimum absolute atomic E-state index is 0.00223. The number of methoxy groups -OCH3 is 1. The van der Waals surface area contributed by atoms with Gasteiger partial charge in [0.25, 0.3) is 0 Å². The Morgan fingerprint density at radius 1 is 1.40 bits per heavy atom. The third kappa shape index (κ3) is 3.81. The lowest BCUT2D eigenvalue weighted by Gasteiger charge is -2.22. The molecule has 1 amide bonds. The van der Waals surface area contributed by atoms with Crippen LogP contribution in [0.4, 0.5) is 0 Å². The smallest absolute Gasteiger partial charge is 0.226 e. The number of hydrogen-bond acceptors (Lipinski definition) is 5. The Balaban J connectivity index is 1.74. The van der Waals surface area contributed by atoms with Crippen molar-refractivity contribution < 1.29 is 9.53 Å². The summed E-state index contributed by atoms with van der Waals surface area (Å²) < 4.78 is 5.43. The van der Waals surface area contributed by atoms with Gasteiger partial charge in [-0.15, -0.1) is 0 Å². The first-order chi connectivity index (χ1) is 12.1. The van der Waals surface area contributed by atoms with E-state index >= 15 is 0 Å². The molecule has 1 saturated heterocycles. The molecule has 2 aromatic rings. The largest absolute Gasteiger partial charge is 0.496 e. The number of amides is 1. The standard InChI is InChI=1S/C19H24N4O2/c1-12-6-7-17(25-3)15(9-12)13(2)22-19(24)16-11-21-23-18(16)14-5-4-8-20-10-14/h4-10,13,16,18,21,23H,11H2,1-3H3,(H,22,24). The number of nitrogens with zero attached hydrogens (tertiary/aromatic N) is 1. The first kappa shape index (κ1) is 17.4. The quantitative estimate of drug-likeness (QED) is 0.777. The van der Waals surface area contributed by atoms with Crippen molar-refractivity contribution in [1.82, 2.24) is 21.2 Å². The number of carbonyl (C=O) groups excluding carboxylic acids is 1. The van der Waals surface area contributed by atoms with Crippen molar-refractivity contribution in [2.75, 3.05) is 13.7 Å². The fraction of sp³-hybridized carbons (Fsp3) is 0.368. The van der Waals surface area contributed by atoms with E-state index in [1.54, 1.807) is 19.5 Å². The number of aromatic nitrogens is 1. The van der Waals surface area contributed by atoms with Crippen LogP contribution in [0.5, 0.6) is 5.75 Å². The fourth-order valence-corrected chi connectivity index (χ4v) is 3.21. The van der Waals surface area contributed by atoms with Crippen LogP contribution in [0.25, 0.3) is 0 Å². The van der Waals surface area contributed by atoms with E-state index < -0.39 is 0 Å². The van der Waals surface area contributed by atoms with Gasteiger partial charge in [0.05, 0.1) is 25.1 Å². The van der Waals surface area contributed by atoms with E-state index in [2.05, 4.69) is 21.2 Å². The molecule has 0 spiro atoms. The van der Waals surface area contributed by atoms with Crippen LogP contribution in [-0.2, 0) is 4.79 Å². The molecule has 3 atom stereocenters. The summed E-state index contributed by atoms with van der Waals surface area (Å²) in [4.78, 5) is 17.0. The molecular weight excluding hydrogens is 316 g/mol. The Kier molecular flexibility index (Phi) is 5.31. The Hall–Kier alpha value is -2.44. The Labute approximate surface area is 148 Å². The van der Waals surface area contributed by atoms with Crippen molar-refractivity contribution in [3.8, 4) is 5.75 Å². The molecule has 25 heavy (non-hydrogen) atoms. The van der Waals surface area contributed by atoms with Crippen LogP contribution in [-0.4, -0.2) is 24.5 Å². The summed E-state index contributed by atoms with van der Waals surface area (Å²) in [5, 5.41) is 3.12. The van der Waals surface area contributed by atoms with Crippen molar-refractivity contribution in [1.29, 1.82) is 0 Å². The van der Waals surface area contributed by atoms with Gasteiger partial charge in [-0.1, -0.05) is 23.8 Å². The maximum atomic E-state index is 12.8. The average molecular weight is 340 g/mol. The summed E-state index contributed by atoms with van der Waals surface area (Å²) in [6.45, 7) is 4.58. The van der Waals surface area contributed by atoms with E-state index in [0.717, 1.165) is 22.4 Å². The van der Waals surface area contributed by atoms with Crippen molar-refractivity contribution in [3.05, 3.63) is 59.4 Å². The van der Waals surface area contributed by atoms with Crippen LogP contribution in [0, 0.1) is 12.8 Å². The summed E-state index contributed by atoms with van der Waals surface area (Å²) in [7, 11) is 1.64. The predicted molar refractivity (Wildman–Crippen MR) is 95.9 cm³/mol. The molecule has 6 heteroatoms. The van der Waals surface area contributed by atoms with Crippen LogP contribution in [0.15, 0.2) is 42.7 Å². The zero-order valence-electron chi connectivity index (χ0n) is 14.7. The number of rotatable bonds is 5. The summed E-state index contributed by atoms with van der Waals surface area (Å²) in [5.41, 5.74) is 9.36. The van der Waals surface area contributed by atoms with Crippen LogP contribution in [0.3, 0.4) is 0 Å². The summed E-state index contributed by atoms with van der Waals surface area (Å²) in [6.07, 6.45) is 3.52. The minimum atomic E-state index is -0.206. The highest BCUT2D eigenvalue weighted by Crippen LogP contribution is 2.28. The summed E-state index contributed by atoms with van der Waals surface area (Å²) in [6, 6.07) is 9.60. The normalized spacial score (nSPS) is 20.9. The van der Waals surface area contributed by atoms with E-state index in [9.17, 15) is 4.79 Å². The lowest BCUT2D eigenvalue weighted by Crippen LogP contribution is -2.36. The average Bonchev–Trinajstić information content (AvgIpc) is 3.12. The van der Waals surface area contributed by atoms with E-state index in [0.29, 0.717) is 6.54 Å². The van der Waals surface area contributed by atoms with Gasteiger partial charge in [-0.25, -0.2) is 5.43 Å². The molecule has 6 nitrogen and oxygen atoms in total. The van der Waals surface area contributed by atoms with Gasteiger partial charge in [0.15, 0.2) is 0 Å². The second-order valence-electron chi connectivity index (χ2n) is 6.37. The lowest BCUT2D eigenvalue weighted by molar-refractivity contribution is -0.125. The van der Waals surface area contributed by atoms with Crippen LogP contribution >= 0.6 is 0 Å². The molecule has 3 unspecified atom stereocenters. The molecule has 3 rings (SSSR count). The molecule has 132 valence electrons. The van der Waals surface area contributed by atoms with Gasteiger partial charge in [0, 0.05) is 24.5 Å².